The topological polar surface area (TPSA) is 54.1 Å². The summed E-state index contributed by atoms with van der Waals surface area (Å²) in [6.07, 6.45) is 10.2. The number of methoxy groups -OCH3 is 1. The Kier molecular flexibility index (Phi) is 10.8. The van der Waals surface area contributed by atoms with Crippen molar-refractivity contribution < 1.29 is 30.5 Å². The summed E-state index contributed by atoms with van der Waals surface area (Å²) >= 11 is 0. The second-order valence-corrected chi connectivity index (χ2v) is 15.7. The Hall–Kier alpha value is -4.67. The SMILES string of the molecule is COc1ccnc(-n2c3[c-]c(Oc4[c-]c(-n5cc(-c6c(CCC(C)(C)C)cccc6CCC(C)(C)C)cn5)ccc4)ccc3c3ccccc32)c1.[Pt+2]. The van der Waals surface area contributed by atoms with E-state index in [2.05, 4.69) is 106 Å². The summed E-state index contributed by atoms with van der Waals surface area (Å²) in [5.74, 6) is 2.65. The van der Waals surface area contributed by atoms with Crippen LogP contribution in [0.25, 0.3) is 44.4 Å². The molecule has 3 aromatic heterocycles. The van der Waals surface area contributed by atoms with Crippen molar-refractivity contribution in [2.75, 3.05) is 7.11 Å². The van der Waals surface area contributed by atoms with Gasteiger partial charge in [0.1, 0.15) is 11.6 Å². The number of fused-ring (bicyclic) bond motifs is 3. The Balaban J connectivity index is 0.00000464. The second-order valence-electron chi connectivity index (χ2n) is 15.7. The van der Waals surface area contributed by atoms with Crippen LogP contribution in [-0.2, 0) is 33.9 Å². The van der Waals surface area contributed by atoms with E-state index in [9.17, 15) is 0 Å². The minimum absolute atomic E-state index is 0. The van der Waals surface area contributed by atoms with Crippen molar-refractivity contribution >= 4 is 21.8 Å². The van der Waals surface area contributed by atoms with Crippen LogP contribution in [-0.4, -0.2) is 26.4 Å². The van der Waals surface area contributed by atoms with Crippen molar-refractivity contribution in [3.8, 4) is 39.9 Å². The molecule has 0 aliphatic rings. The molecule has 268 valence electrons. The van der Waals surface area contributed by atoms with Gasteiger partial charge in [-0.1, -0.05) is 83.5 Å². The predicted octanol–water partition coefficient (Wildman–Crippen LogP) is 11.4. The fourth-order valence-electron chi connectivity index (χ4n) is 6.61. The summed E-state index contributed by atoms with van der Waals surface area (Å²) in [6.45, 7) is 13.9. The van der Waals surface area contributed by atoms with E-state index in [1.54, 1.807) is 13.3 Å². The predicted molar refractivity (Wildman–Crippen MR) is 207 cm³/mol. The maximum Gasteiger partial charge on any atom is 2.00 e. The van der Waals surface area contributed by atoms with Gasteiger partial charge in [0.15, 0.2) is 0 Å². The first-order valence-electron chi connectivity index (χ1n) is 17.8. The van der Waals surface area contributed by atoms with Crippen LogP contribution in [0.1, 0.15) is 65.5 Å². The van der Waals surface area contributed by atoms with Crippen molar-refractivity contribution in [1.29, 1.82) is 0 Å². The fourth-order valence-corrected chi connectivity index (χ4v) is 6.61. The van der Waals surface area contributed by atoms with E-state index < -0.39 is 0 Å². The standard InChI is InChI=1S/C45H46N4O2.Pt/c1-44(2,3)23-20-31-12-10-13-32(21-24-45(4,5)6)43(31)33-29-47-48(30-33)34-14-11-15-36(26-34)51-37-18-19-39-38-16-8-9-17-40(38)49(41(39)27-37)42-28-35(50-7)22-25-46-42;/h8-19,22,25,28-30H,20-21,23-24H2,1-7H3;/q-2;+2. The van der Waals surface area contributed by atoms with Gasteiger partial charge in [0.2, 0.25) is 0 Å². The van der Waals surface area contributed by atoms with Crippen molar-refractivity contribution in [3.05, 3.63) is 127 Å². The summed E-state index contributed by atoms with van der Waals surface area (Å²) in [5, 5.41) is 7.02. The third kappa shape index (κ3) is 8.18. The number of hydrogen-bond acceptors (Lipinski definition) is 4. The van der Waals surface area contributed by atoms with Gasteiger partial charge in [-0.3, -0.25) is 4.68 Å². The molecule has 0 bridgehead atoms. The zero-order chi connectivity index (χ0) is 35.8. The van der Waals surface area contributed by atoms with Gasteiger partial charge >= 0.3 is 21.1 Å². The quantitative estimate of drug-likeness (QED) is 0.129. The number of aromatic nitrogens is 4. The average Bonchev–Trinajstić information content (AvgIpc) is 3.72. The van der Waals surface area contributed by atoms with Gasteiger partial charge < -0.3 is 14.0 Å². The molecule has 0 saturated carbocycles. The van der Waals surface area contributed by atoms with E-state index >= 15 is 0 Å². The summed E-state index contributed by atoms with van der Waals surface area (Å²) in [7, 11) is 1.66. The molecule has 52 heavy (non-hydrogen) atoms. The molecule has 0 amide bonds. The smallest absolute Gasteiger partial charge is 0.509 e. The van der Waals surface area contributed by atoms with Crippen molar-refractivity contribution in [2.45, 2.75) is 67.2 Å². The molecule has 7 aromatic rings. The monoisotopic (exact) mass is 869 g/mol. The van der Waals surface area contributed by atoms with Gasteiger partial charge in [-0.2, -0.15) is 17.2 Å². The summed E-state index contributed by atoms with van der Waals surface area (Å²) in [4.78, 5) is 4.67. The number of nitrogens with zero attached hydrogens (tertiary/aromatic N) is 4. The third-order valence-corrected chi connectivity index (χ3v) is 9.36. The first-order chi connectivity index (χ1) is 24.5. The largest absolute Gasteiger partial charge is 2.00 e. The fraction of sp³-hybridized carbons (Fsp3) is 0.289. The molecule has 0 saturated heterocycles. The molecule has 4 aromatic carbocycles. The van der Waals surface area contributed by atoms with E-state index in [0.717, 1.165) is 70.3 Å². The summed E-state index contributed by atoms with van der Waals surface area (Å²) in [6, 6.07) is 35.8. The first kappa shape index (κ1) is 37.1. The molecule has 6 nitrogen and oxygen atoms in total. The number of hydrogen-bond donors (Lipinski definition) is 0. The molecule has 0 aliphatic carbocycles. The zero-order valence-electron chi connectivity index (χ0n) is 31.1. The Labute approximate surface area is 322 Å². The summed E-state index contributed by atoms with van der Waals surface area (Å²) in [5.41, 5.74) is 8.41. The molecule has 0 unspecified atom stereocenters. The number of pyridine rings is 1. The Bertz CT molecular complexity index is 2290. The molecule has 7 heteroatoms. The zero-order valence-corrected chi connectivity index (χ0v) is 33.3. The Morgan fingerprint density at radius 1 is 0.731 bits per heavy atom. The maximum atomic E-state index is 6.43. The first-order valence-corrected chi connectivity index (χ1v) is 17.8. The van der Waals surface area contributed by atoms with E-state index in [1.807, 2.05) is 59.4 Å². The van der Waals surface area contributed by atoms with E-state index in [-0.39, 0.29) is 31.9 Å². The molecule has 0 aliphatic heterocycles. The number of aryl methyl sites for hydroxylation is 2. The van der Waals surface area contributed by atoms with E-state index in [1.165, 1.54) is 16.7 Å². The number of ether oxygens (including phenoxy) is 2. The van der Waals surface area contributed by atoms with Gasteiger partial charge in [-0.05, 0) is 76.4 Å². The van der Waals surface area contributed by atoms with E-state index in [4.69, 9.17) is 14.6 Å². The molecular formula is C45H46N4O2Pt. The van der Waals surface area contributed by atoms with Gasteiger partial charge in [-0.15, -0.1) is 35.7 Å². The molecule has 0 radical (unpaired) electrons. The van der Waals surface area contributed by atoms with Crippen LogP contribution < -0.4 is 9.47 Å². The number of rotatable bonds is 10. The van der Waals surface area contributed by atoms with Gasteiger partial charge in [0, 0.05) is 41.0 Å². The van der Waals surface area contributed by atoms with Gasteiger partial charge in [-0.25, -0.2) is 4.98 Å². The molecule has 0 fully saturated rings. The minimum Gasteiger partial charge on any atom is -0.509 e. The third-order valence-electron chi connectivity index (χ3n) is 9.36. The van der Waals surface area contributed by atoms with Crippen molar-refractivity contribution in [2.24, 2.45) is 10.8 Å². The van der Waals surface area contributed by atoms with Gasteiger partial charge in [0.05, 0.1) is 13.3 Å². The van der Waals surface area contributed by atoms with Crippen LogP contribution in [0.15, 0.2) is 104 Å². The van der Waals surface area contributed by atoms with E-state index in [0.29, 0.717) is 11.5 Å². The molecule has 0 spiro atoms. The summed E-state index contributed by atoms with van der Waals surface area (Å²) < 4.78 is 15.9. The molecule has 3 heterocycles. The van der Waals surface area contributed by atoms with Crippen LogP contribution in [0.5, 0.6) is 17.2 Å². The molecule has 0 N–H and O–H groups in total. The molecule has 0 atom stereocenters. The Morgan fingerprint density at radius 2 is 1.42 bits per heavy atom. The normalized spacial score (nSPS) is 11.9. The van der Waals surface area contributed by atoms with Crippen LogP contribution in [0.3, 0.4) is 0 Å². The van der Waals surface area contributed by atoms with Crippen molar-refractivity contribution in [3.63, 3.8) is 0 Å². The van der Waals surface area contributed by atoms with Crippen LogP contribution in [0, 0.1) is 23.0 Å². The van der Waals surface area contributed by atoms with Crippen LogP contribution >= 0.6 is 0 Å². The average molecular weight is 870 g/mol. The van der Waals surface area contributed by atoms with Gasteiger partial charge in [0.25, 0.3) is 0 Å². The Morgan fingerprint density at radius 3 is 2.13 bits per heavy atom. The van der Waals surface area contributed by atoms with Crippen LogP contribution in [0.2, 0.25) is 0 Å². The van der Waals surface area contributed by atoms with Crippen LogP contribution in [0.4, 0.5) is 0 Å². The molecular weight excluding hydrogens is 824 g/mol. The number of benzene rings is 4. The number of para-hydroxylation sites is 1. The van der Waals surface area contributed by atoms with Crippen molar-refractivity contribution in [1.82, 2.24) is 19.3 Å². The second kappa shape index (κ2) is 15.1. The maximum absolute atomic E-state index is 6.43. The minimum atomic E-state index is 0. The molecule has 7 rings (SSSR count).